The van der Waals surface area contributed by atoms with Crippen LogP contribution < -0.4 is 5.32 Å². The molecule has 2 aliphatic heterocycles. The second-order valence-electron chi connectivity index (χ2n) is 7.78. The van der Waals surface area contributed by atoms with Crippen molar-refractivity contribution < 1.29 is 0 Å². The number of hydrogen-bond donors (Lipinski definition) is 1. The maximum Gasteiger partial charge on any atom is 0.0536 e. The van der Waals surface area contributed by atoms with Crippen molar-refractivity contribution in [1.82, 2.24) is 5.32 Å². The van der Waals surface area contributed by atoms with Gasteiger partial charge in [-0.1, -0.05) is 33.3 Å². The number of hydrogen-bond acceptors (Lipinski definition) is 2. The molecule has 0 aromatic carbocycles. The molecule has 110 valence electrons. The fraction of sp³-hybridized carbons (Fsp3) is 0.722. The zero-order valence-corrected chi connectivity index (χ0v) is 13.6. The Bertz CT molecular complexity index is 514. The maximum atomic E-state index is 4.74. The molecule has 1 saturated carbocycles. The summed E-state index contributed by atoms with van der Waals surface area (Å²) in [7, 11) is 0. The van der Waals surface area contributed by atoms with E-state index in [0.29, 0.717) is 11.5 Å². The molecule has 0 bridgehead atoms. The molecule has 2 heteroatoms. The van der Waals surface area contributed by atoms with Crippen molar-refractivity contribution in [3.63, 3.8) is 0 Å². The first kappa shape index (κ1) is 13.9. The molecule has 0 radical (unpaired) electrons. The first-order valence-corrected chi connectivity index (χ1v) is 8.10. The molecule has 20 heavy (non-hydrogen) atoms. The van der Waals surface area contributed by atoms with Gasteiger partial charge in [0.15, 0.2) is 0 Å². The van der Waals surface area contributed by atoms with Crippen LogP contribution in [0.15, 0.2) is 28.5 Å². The molecule has 4 atom stereocenters. The fourth-order valence-corrected chi connectivity index (χ4v) is 4.60. The van der Waals surface area contributed by atoms with Gasteiger partial charge in [-0.2, -0.15) is 0 Å². The van der Waals surface area contributed by atoms with Gasteiger partial charge in [-0.3, -0.25) is 4.99 Å². The number of nitrogens with zero attached hydrogens (tertiary/aromatic N) is 1. The van der Waals surface area contributed by atoms with Crippen molar-refractivity contribution in [2.75, 3.05) is 0 Å². The summed E-state index contributed by atoms with van der Waals surface area (Å²) in [5.74, 6) is 0.752. The molecule has 0 amide bonds. The predicted molar refractivity (Wildman–Crippen MR) is 85.7 cm³/mol. The van der Waals surface area contributed by atoms with Gasteiger partial charge in [0.2, 0.25) is 0 Å². The molecule has 0 spiro atoms. The molecule has 1 N–H and O–H groups in total. The third-order valence-corrected chi connectivity index (χ3v) is 5.95. The number of aliphatic imine (C=N–C) groups is 1. The van der Waals surface area contributed by atoms with Crippen LogP contribution in [0.5, 0.6) is 0 Å². The zero-order chi connectivity index (χ0) is 14.5. The third kappa shape index (κ3) is 1.88. The van der Waals surface area contributed by atoms with Crippen LogP contribution in [-0.4, -0.2) is 11.8 Å². The van der Waals surface area contributed by atoms with Gasteiger partial charge < -0.3 is 5.32 Å². The third-order valence-electron chi connectivity index (χ3n) is 5.95. The lowest BCUT2D eigenvalue weighted by Crippen LogP contribution is -2.47. The molecular formula is C18H28N2. The Morgan fingerprint density at radius 2 is 2.10 bits per heavy atom. The maximum absolute atomic E-state index is 4.74. The smallest absolute Gasteiger partial charge is 0.0536 e. The van der Waals surface area contributed by atoms with E-state index in [4.69, 9.17) is 4.99 Å². The molecule has 0 aromatic rings. The lowest BCUT2D eigenvalue weighted by atomic mass is 9.67. The number of fused-ring (bicyclic) bond motifs is 1. The van der Waals surface area contributed by atoms with Gasteiger partial charge in [0.1, 0.15) is 0 Å². The van der Waals surface area contributed by atoms with Gasteiger partial charge in [-0.15, -0.1) is 0 Å². The standard InChI is InChI=1S/C18H28N2/c1-6-17(4)8-13(3)9-18(5,16-14(17)11-20-16)15-7-12(2)10-19-15/h10-11,13,15,19H,6-9H2,1-5H3/t13?,15?,17-,18?/m1/s1. The van der Waals surface area contributed by atoms with Crippen LogP contribution in [0.1, 0.15) is 60.3 Å². The van der Waals surface area contributed by atoms with Gasteiger partial charge in [0.05, 0.1) is 5.71 Å². The lowest BCUT2D eigenvalue weighted by molar-refractivity contribution is 0.244. The summed E-state index contributed by atoms with van der Waals surface area (Å²) in [5, 5.41) is 3.63. The largest absolute Gasteiger partial charge is 0.387 e. The van der Waals surface area contributed by atoms with E-state index in [1.54, 1.807) is 5.57 Å². The monoisotopic (exact) mass is 272 g/mol. The zero-order valence-electron chi connectivity index (χ0n) is 13.6. The fourth-order valence-electron chi connectivity index (χ4n) is 4.60. The molecule has 1 fully saturated rings. The molecule has 2 nitrogen and oxygen atoms in total. The summed E-state index contributed by atoms with van der Waals surface area (Å²) in [5.41, 5.74) is 4.92. The number of allylic oxidation sites excluding steroid dienone is 1. The van der Waals surface area contributed by atoms with E-state index in [9.17, 15) is 0 Å². The van der Waals surface area contributed by atoms with Crippen LogP contribution in [0.3, 0.4) is 0 Å². The molecule has 0 aromatic heterocycles. The van der Waals surface area contributed by atoms with E-state index in [-0.39, 0.29) is 5.41 Å². The van der Waals surface area contributed by atoms with E-state index in [1.165, 1.54) is 37.0 Å². The minimum atomic E-state index is 0.185. The Hall–Kier alpha value is -1.05. The topological polar surface area (TPSA) is 24.4 Å². The van der Waals surface area contributed by atoms with E-state index < -0.39 is 0 Å². The summed E-state index contributed by atoms with van der Waals surface area (Å²) < 4.78 is 0. The van der Waals surface area contributed by atoms with Crippen molar-refractivity contribution in [2.45, 2.75) is 66.3 Å². The average molecular weight is 272 g/mol. The number of rotatable bonds is 2. The SMILES string of the molecule is CC[C@]1(C)CC(C)CC(C)(C2CC(C)=CN2)C2=NC=C21. The van der Waals surface area contributed by atoms with Crippen molar-refractivity contribution in [2.24, 2.45) is 21.7 Å². The van der Waals surface area contributed by atoms with E-state index in [1.807, 2.05) is 0 Å². The van der Waals surface area contributed by atoms with Gasteiger partial charge >= 0.3 is 0 Å². The second-order valence-corrected chi connectivity index (χ2v) is 7.78. The van der Waals surface area contributed by atoms with E-state index in [0.717, 1.165) is 5.92 Å². The van der Waals surface area contributed by atoms with E-state index in [2.05, 4.69) is 52.3 Å². The Morgan fingerprint density at radius 3 is 2.60 bits per heavy atom. The van der Waals surface area contributed by atoms with Crippen molar-refractivity contribution in [1.29, 1.82) is 0 Å². The Labute approximate surface area is 123 Å². The molecule has 3 aliphatic rings. The highest BCUT2D eigenvalue weighted by Gasteiger charge is 2.50. The van der Waals surface area contributed by atoms with Crippen LogP contribution in [0.25, 0.3) is 0 Å². The molecule has 1 aliphatic carbocycles. The van der Waals surface area contributed by atoms with E-state index >= 15 is 0 Å². The molecular weight excluding hydrogens is 244 g/mol. The highest BCUT2D eigenvalue weighted by molar-refractivity contribution is 6.10. The minimum absolute atomic E-state index is 0.185. The highest BCUT2D eigenvalue weighted by Crippen LogP contribution is 2.53. The van der Waals surface area contributed by atoms with Crippen LogP contribution in [0.2, 0.25) is 0 Å². The summed E-state index contributed by atoms with van der Waals surface area (Å²) >= 11 is 0. The molecule has 3 unspecified atom stereocenters. The summed E-state index contributed by atoms with van der Waals surface area (Å²) in [4.78, 5) is 4.74. The molecule has 2 heterocycles. The Kier molecular flexibility index (Phi) is 3.11. The Balaban J connectivity index is 1.94. The van der Waals surface area contributed by atoms with Crippen LogP contribution in [-0.2, 0) is 0 Å². The van der Waals surface area contributed by atoms with Crippen LogP contribution >= 0.6 is 0 Å². The van der Waals surface area contributed by atoms with Gasteiger partial charge in [0.25, 0.3) is 0 Å². The lowest BCUT2D eigenvalue weighted by Gasteiger charge is -2.42. The predicted octanol–water partition coefficient (Wildman–Crippen LogP) is 4.44. The first-order chi connectivity index (χ1) is 9.39. The summed E-state index contributed by atoms with van der Waals surface area (Å²) in [6.45, 7) is 11.8. The van der Waals surface area contributed by atoms with Crippen molar-refractivity contribution in [3.8, 4) is 0 Å². The van der Waals surface area contributed by atoms with Gasteiger partial charge in [-0.25, -0.2) is 0 Å². The average Bonchev–Trinajstić information content (AvgIpc) is 2.71. The quantitative estimate of drug-likeness (QED) is 0.789. The van der Waals surface area contributed by atoms with Crippen LogP contribution in [0.4, 0.5) is 0 Å². The van der Waals surface area contributed by atoms with Crippen LogP contribution in [0, 0.1) is 16.7 Å². The number of nitrogens with one attached hydrogen (secondary N) is 1. The van der Waals surface area contributed by atoms with Crippen molar-refractivity contribution in [3.05, 3.63) is 23.5 Å². The van der Waals surface area contributed by atoms with Crippen molar-refractivity contribution >= 4 is 5.71 Å². The highest BCUT2D eigenvalue weighted by atomic mass is 15.0. The molecule has 3 rings (SSSR count). The first-order valence-electron chi connectivity index (χ1n) is 8.10. The second kappa shape index (κ2) is 4.47. The van der Waals surface area contributed by atoms with Gasteiger partial charge in [-0.05, 0) is 55.7 Å². The Morgan fingerprint density at radius 1 is 1.35 bits per heavy atom. The summed E-state index contributed by atoms with van der Waals surface area (Å²) in [6, 6.07) is 0.520. The summed E-state index contributed by atoms with van der Waals surface area (Å²) in [6.07, 6.45) is 9.27. The minimum Gasteiger partial charge on any atom is -0.387 e. The van der Waals surface area contributed by atoms with Gasteiger partial charge in [0, 0.05) is 17.7 Å². The normalized spacial score (nSPS) is 43.5. The molecule has 0 saturated heterocycles.